The highest BCUT2D eigenvalue weighted by Gasteiger charge is 2.23. The molecule has 0 unspecified atom stereocenters. The molecule has 6 nitrogen and oxygen atoms in total. The van der Waals surface area contributed by atoms with Gasteiger partial charge in [0.1, 0.15) is 13.2 Å². The van der Waals surface area contributed by atoms with Crippen LogP contribution in [0.3, 0.4) is 0 Å². The Hall–Kier alpha value is -1.77. The number of nitrogens with zero attached hydrogens (tertiary/aromatic N) is 1. The first-order valence-corrected chi connectivity index (χ1v) is 10.2. The molecule has 2 aromatic carbocycles. The average Bonchev–Trinajstić information content (AvgIpc) is 2.97. The lowest BCUT2D eigenvalue weighted by Crippen LogP contribution is -2.21. The van der Waals surface area contributed by atoms with Gasteiger partial charge in [-0.25, -0.2) is 13.6 Å². The molecule has 25 heavy (non-hydrogen) atoms. The van der Waals surface area contributed by atoms with E-state index in [1.54, 1.807) is 12.1 Å². The summed E-state index contributed by atoms with van der Waals surface area (Å²) in [7, 11) is -3.67. The van der Waals surface area contributed by atoms with E-state index in [1.807, 2.05) is 18.2 Å². The summed E-state index contributed by atoms with van der Waals surface area (Å²) < 4.78 is 35.3. The van der Waals surface area contributed by atoms with Crippen molar-refractivity contribution < 1.29 is 17.9 Å². The van der Waals surface area contributed by atoms with Gasteiger partial charge in [-0.2, -0.15) is 0 Å². The number of hydrogen-bond donors (Lipinski definition) is 1. The number of primary sulfonamides is 1. The fourth-order valence-corrected chi connectivity index (χ4v) is 4.23. The van der Waals surface area contributed by atoms with Crippen molar-refractivity contribution in [2.75, 3.05) is 24.7 Å². The third-order valence-electron chi connectivity index (χ3n) is 4.44. The van der Waals surface area contributed by atoms with Crippen LogP contribution in [-0.4, -0.2) is 28.2 Å². The summed E-state index contributed by atoms with van der Waals surface area (Å²) in [6.45, 7) is 2.63. The molecular formula is C17H17BrN2O4S. The highest BCUT2D eigenvalue weighted by molar-refractivity contribution is 9.10. The minimum absolute atomic E-state index is 0.161. The molecule has 0 fully saturated rings. The highest BCUT2D eigenvalue weighted by atomic mass is 79.9. The maximum Gasteiger partial charge on any atom is 0.238 e. The fraction of sp³-hybridized carbons (Fsp3) is 0.294. The average molecular weight is 425 g/mol. The van der Waals surface area contributed by atoms with Crippen molar-refractivity contribution in [3.63, 3.8) is 0 Å². The van der Waals surface area contributed by atoms with Crippen LogP contribution in [0.5, 0.6) is 11.5 Å². The van der Waals surface area contributed by atoms with Gasteiger partial charge in [-0.05, 0) is 47.9 Å². The highest BCUT2D eigenvalue weighted by Crippen LogP contribution is 2.38. The minimum atomic E-state index is -3.67. The quantitative estimate of drug-likeness (QED) is 0.817. The number of sulfonamides is 1. The van der Waals surface area contributed by atoms with Gasteiger partial charge in [-0.15, -0.1) is 0 Å². The van der Waals surface area contributed by atoms with Crippen LogP contribution < -0.4 is 19.5 Å². The third-order valence-corrected chi connectivity index (χ3v) is 6.09. The summed E-state index contributed by atoms with van der Waals surface area (Å²) in [5, 5.41) is 5.22. The number of anilines is 1. The Morgan fingerprint density at radius 1 is 1.12 bits per heavy atom. The fourth-order valence-electron chi connectivity index (χ4n) is 3.22. The van der Waals surface area contributed by atoms with Gasteiger partial charge in [0, 0.05) is 23.2 Å². The Balaban J connectivity index is 1.62. The smallest absolute Gasteiger partial charge is 0.238 e. The second kappa shape index (κ2) is 6.19. The zero-order valence-electron chi connectivity index (χ0n) is 13.4. The molecule has 0 aromatic heterocycles. The summed E-state index contributed by atoms with van der Waals surface area (Å²) in [6.07, 6.45) is 0.793. The van der Waals surface area contributed by atoms with E-state index < -0.39 is 10.0 Å². The van der Waals surface area contributed by atoms with Crippen molar-refractivity contribution in [3.8, 4) is 11.5 Å². The number of hydrogen-bond acceptors (Lipinski definition) is 5. The van der Waals surface area contributed by atoms with Crippen LogP contribution in [0.4, 0.5) is 5.69 Å². The standard InChI is InChI=1S/C17H17BrN2O4S/c18-14-9-17-16(23-5-6-24-17)8-12(14)10-20-4-3-11-7-13(25(19,21)22)1-2-15(11)20/h1-2,7-9H,3-6,10H2,(H2,19,21,22). The van der Waals surface area contributed by atoms with Crippen molar-refractivity contribution in [2.45, 2.75) is 17.9 Å². The zero-order chi connectivity index (χ0) is 17.6. The molecule has 8 heteroatoms. The molecule has 2 heterocycles. The largest absolute Gasteiger partial charge is 0.486 e. The molecular weight excluding hydrogens is 408 g/mol. The van der Waals surface area contributed by atoms with Gasteiger partial charge in [0.05, 0.1) is 4.90 Å². The topological polar surface area (TPSA) is 81.9 Å². The molecule has 0 radical (unpaired) electrons. The predicted octanol–water partition coefficient (Wildman–Crippen LogP) is 2.43. The van der Waals surface area contributed by atoms with E-state index in [0.717, 1.165) is 45.8 Å². The number of benzene rings is 2. The number of halogens is 1. The maximum absolute atomic E-state index is 11.5. The summed E-state index contributed by atoms with van der Waals surface area (Å²) in [5.74, 6) is 1.51. The van der Waals surface area contributed by atoms with E-state index in [2.05, 4.69) is 20.8 Å². The van der Waals surface area contributed by atoms with E-state index in [1.165, 1.54) is 0 Å². The van der Waals surface area contributed by atoms with Crippen LogP contribution in [0.25, 0.3) is 0 Å². The molecule has 132 valence electrons. The van der Waals surface area contributed by atoms with Crippen molar-refractivity contribution in [2.24, 2.45) is 5.14 Å². The van der Waals surface area contributed by atoms with Gasteiger partial charge in [0.2, 0.25) is 10.0 Å². The van der Waals surface area contributed by atoms with Gasteiger partial charge in [0.15, 0.2) is 11.5 Å². The Kier molecular flexibility index (Phi) is 4.13. The molecule has 0 spiro atoms. The molecule has 0 aliphatic carbocycles. The molecule has 2 aliphatic heterocycles. The molecule has 4 rings (SSSR count). The molecule has 2 aromatic rings. The Morgan fingerprint density at radius 2 is 1.84 bits per heavy atom. The van der Waals surface area contributed by atoms with Crippen LogP contribution in [0.1, 0.15) is 11.1 Å². The Morgan fingerprint density at radius 3 is 2.56 bits per heavy atom. The van der Waals surface area contributed by atoms with Crippen LogP contribution in [0, 0.1) is 0 Å². The van der Waals surface area contributed by atoms with E-state index in [9.17, 15) is 8.42 Å². The van der Waals surface area contributed by atoms with Crippen LogP contribution in [0.15, 0.2) is 39.7 Å². The first kappa shape index (κ1) is 16.7. The summed E-state index contributed by atoms with van der Waals surface area (Å²) in [6, 6.07) is 8.99. The van der Waals surface area contributed by atoms with E-state index in [4.69, 9.17) is 14.6 Å². The van der Waals surface area contributed by atoms with Crippen molar-refractivity contribution >= 4 is 31.6 Å². The number of nitrogens with two attached hydrogens (primary N) is 1. The van der Waals surface area contributed by atoms with Gasteiger partial charge in [0.25, 0.3) is 0 Å². The molecule has 0 amide bonds. The predicted molar refractivity (Wildman–Crippen MR) is 97.7 cm³/mol. The van der Waals surface area contributed by atoms with E-state index >= 15 is 0 Å². The molecule has 2 N–H and O–H groups in total. The Bertz CT molecular complexity index is 946. The van der Waals surface area contributed by atoms with E-state index in [0.29, 0.717) is 19.8 Å². The normalized spacial score (nSPS) is 16.0. The maximum atomic E-state index is 11.5. The number of fused-ring (bicyclic) bond motifs is 2. The lowest BCUT2D eigenvalue weighted by Gasteiger charge is -2.23. The molecule has 0 atom stereocenters. The molecule has 2 aliphatic rings. The van der Waals surface area contributed by atoms with Gasteiger partial charge in [-0.3, -0.25) is 0 Å². The summed E-state index contributed by atoms with van der Waals surface area (Å²) in [4.78, 5) is 2.38. The lowest BCUT2D eigenvalue weighted by molar-refractivity contribution is 0.171. The molecule has 0 saturated heterocycles. The van der Waals surface area contributed by atoms with Crippen molar-refractivity contribution in [3.05, 3.63) is 45.9 Å². The monoisotopic (exact) mass is 424 g/mol. The lowest BCUT2D eigenvalue weighted by atomic mass is 10.1. The minimum Gasteiger partial charge on any atom is -0.486 e. The zero-order valence-corrected chi connectivity index (χ0v) is 15.8. The molecule has 0 saturated carbocycles. The van der Waals surface area contributed by atoms with E-state index in [-0.39, 0.29) is 4.90 Å². The van der Waals surface area contributed by atoms with Crippen LogP contribution >= 0.6 is 15.9 Å². The molecule has 0 bridgehead atoms. The van der Waals surface area contributed by atoms with Gasteiger partial charge in [-0.1, -0.05) is 15.9 Å². The van der Waals surface area contributed by atoms with Crippen molar-refractivity contribution in [1.82, 2.24) is 0 Å². The third kappa shape index (κ3) is 3.21. The van der Waals surface area contributed by atoms with Gasteiger partial charge >= 0.3 is 0 Å². The number of ether oxygens (including phenoxy) is 2. The second-order valence-corrected chi connectivity index (χ2v) is 8.51. The first-order valence-electron chi connectivity index (χ1n) is 7.90. The van der Waals surface area contributed by atoms with Gasteiger partial charge < -0.3 is 14.4 Å². The van der Waals surface area contributed by atoms with Crippen molar-refractivity contribution in [1.29, 1.82) is 0 Å². The first-order chi connectivity index (χ1) is 11.9. The summed E-state index contributed by atoms with van der Waals surface area (Å²) >= 11 is 3.60. The SMILES string of the molecule is NS(=O)(=O)c1ccc2c(c1)CCN2Cc1cc2c(cc1Br)OCCO2. The van der Waals surface area contributed by atoms with Crippen LogP contribution in [-0.2, 0) is 23.0 Å². The second-order valence-electron chi connectivity index (χ2n) is 6.09. The Labute approximate surface area is 154 Å². The summed E-state index contributed by atoms with van der Waals surface area (Å²) in [5.41, 5.74) is 3.13. The van der Waals surface area contributed by atoms with Crippen LogP contribution in [0.2, 0.25) is 0 Å². The number of rotatable bonds is 3.